The van der Waals surface area contributed by atoms with Crippen molar-refractivity contribution in [3.63, 3.8) is 0 Å². The van der Waals surface area contributed by atoms with Crippen LogP contribution in [0.5, 0.6) is 0 Å². The zero-order chi connectivity index (χ0) is 13.8. The highest BCUT2D eigenvalue weighted by atomic mass is 35.5. The summed E-state index contributed by atoms with van der Waals surface area (Å²) < 4.78 is 5.10. The first-order valence-electron chi connectivity index (χ1n) is 5.39. The number of rotatable bonds is 3. The fourth-order valence-electron chi connectivity index (χ4n) is 1.38. The molecule has 0 unspecified atom stereocenters. The van der Waals surface area contributed by atoms with Crippen LogP contribution in [-0.2, 0) is 11.3 Å². The molecule has 6 heteroatoms. The molecular weight excluding hydrogens is 287 g/mol. The van der Waals surface area contributed by atoms with Crippen molar-refractivity contribution in [1.29, 1.82) is 0 Å². The molecule has 1 heterocycles. The summed E-state index contributed by atoms with van der Waals surface area (Å²) in [5.41, 5.74) is 6.92. The number of halogens is 2. The molecule has 2 rings (SSSR count). The number of carbonyl (C=O) groups is 1. The molecule has 0 radical (unpaired) electrons. The van der Waals surface area contributed by atoms with Gasteiger partial charge in [0.15, 0.2) is 0 Å². The monoisotopic (exact) mass is 296 g/mol. The Balaban J connectivity index is 2.00. The fourth-order valence-corrected chi connectivity index (χ4v) is 1.70. The van der Waals surface area contributed by atoms with Crippen LogP contribution in [0.2, 0.25) is 10.0 Å². The standard InChI is InChI=1S/C13H10Cl2N2O2/c14-10-3-1-8(5-11(10)15)7-19-13(18)12-4-2-9(16)6-17-12/h1-6H,7,16H2. The molecule has 0 spiro atoms. The first kappa shape index (κ1) is 13.6. The summed E-state index contributed by atoms with van der Waals surface area (Å²) >= 11 is 11.7. The number of benzene rings is 1. The predicted molar refractivity (Wildman–Crippen MR) is 74.2 cm³/mol. The topological polar surface area (TPSA) is 65.2 Å². The van der Waals surface area contributed by atoms with Crippen molar-refractivity contribution >= 4 is 34.9 Å². The second-order valence-electron chi connectivity index (χ2n) is 3.80. The Kier molecular flexibility index (Phi) is 4.24. The van der Waals surface area contributed by atoms with Crippen LogP contribution in [0.25, 0.3) is 0 Å². The Bertz CT molecular complexity index is 600. The highest BCUT2D eigenvalue weighted by molar-refractivity contribution is 6.42. The summed E-state index contributed by atoms with van der Waals surface area (Å²) in [5.74, 6) is -0.522. The zero-order valence-corrected chi connectivity index (χ0v) is 11.3. The van der Waals surface area contributed by atoms with Crippen LogP contribution < -0.4 is 5.73 Å². The second-order valence-corrected chi connectivity index (χ2v) is 4.62. The highest BCUT2D eigenvalue weighted by Gasteiger charge is 2.09. The van der Waals surface area contributed by atoms with Crippen LogP contribution in [-0.4, -0.2) is 11.0 Å². The van der Waals surface area contributed by atoms with E-state index in [2.05, 4.69) is 4.98 Å². The molecule has 0 aliphatic rings. The van der Waals surface area contributed by atoms with E-state index in [0.717, 1.165) is 5.56 Å². The lowest BCUT2D eigenvalue weighted by atomic mass is 10.2. The van der Waals surface area contributed by atoms with Gasteiger partial charge in [0.25, 0.3) is 0 Å². The van der Waals surface area contributed by atoms with E-state index in [4.69, 9.17) is 33.7 Å². The molecule has 0 saturated carbocycles. The number of carbonyl (C=O) groups excluding carboxylic acids is 1. The third kappa shape index (κ3) is 3.59. The number of hydrogen-bond acceptors (Lipinski definition) is 4. The van der Waals surface area contributed by atoms with Crippen LogP contribution in [0.3, 0.4) is 0 Å². The molecule has 0 fully saturated rings. The minimum atomic E-state index is -0.522. The van der Waals surface area contributed by atoms with E-state index in [9.17, 15) is 4.79 Å². The Hall–Kier alpha value is -1.78. The Morgan fingerprint density at radius 3 is 2.63 bits per heavy atom. The van der Waals surface area contributed by atoms with E-state index in [1.54, 1.807) is 24.3 Å². The number of ether oxygens (including phenoxy) is 1. The van der Waals surface area contributed by atoms with Crippen molar-refractivity contribution in [2.24, 2.45) is 0 Å². The first-order chi connectivity index (χ1) is 9.06. The lowest BCUT2D eigenvalue weighted by molar-refractivity contribution is 0.0466. The van der Waals surface area contributed by atoms with Gasteiger partial charge in [-0.1, -0.05) is 29.3 Å². The van der Waals surface area contributed by atoms with Gasteiger partial charge in [0, 0.05) is 0 Å². The molecule has 0 saturated heterocycles. The molecule has 1 aromatic carbocycles. The van der Waals surface area contributed by atoms with Crippen molar-refractivity contribution < 1.29 is 9.53 Å². The van der Waals surface area contributed by atoms with Gasteiger partial charge in [0.05, 0.1) is 21.9 Å². The van der Waals surface area contributed by atoms with Crippen molar-refractivity contribution in [2.75, 3.05) is 5.73 Å². The highest BCUT2D eigenvalue weighted by Crippen LogP contribution is 2.23. The summed E-state index contributed by atoms with van der Waals surface area (Å²) in [6, 6.07) is 8.12. The van der Waals surface area contributed by atoms with Gasteiger partial charge in [-0.05, 0) is 29.8 Å². The molecule has 0 bridgehead atoms. The number of nitrogens with zero attached hydrogens (tertiary/aromatic N) is 1. The van der Waals surface area contributed by atoms with Gasteiger partial charge in [0.1, 0.15) is 12.3 Å². The van der Waals surface area contributed by atoms with Crippen LogP contribution in [0.15, 0.2) is 36.5 Å². The summed E-state index contributed by atoms with van der Waals surface area (Å²) in [6.45, 7) is 0.0990. The normalized spacial score (nSPS) is 10.2. The fraction of sp³-hybridized carbons (Fsp3) is 0.0769. The zero-order valence-electron chi connectivity index (χ0n) is 9.77. The number of hydrogen-bond donors (Lipinski definition) is 1. The quantitative estimate of drug-likeness (QED) is 0.882. The number of esters is 1. The van der Waals surface area contributed by atoms with E-state index in [1.165, 1.54) is 12.3 Å². The molecule has 98 valence electrons. The summed E-state index contributed by atoms with van der Waals surface area (Å²) in [4.78, 5) is 15.6. The smallest absolute Gasteiger partial charge is 0.357 e. The average molecular weight is 297 g/mol. The van der Waals surface area contributed by atoms with Gasteiger partial charge < -0.3 is 10.5 Å². The van der Waals surface area contributed by atoms with Crippen molar-refractivity contribution in [1.82, 2.24) is 4.98 Å². The van der Waals surface area contributed by atoms with E-state index < -0.39 is 5.97 Å². The van der Waals surface area contributed by atoms with Gasteiger partial charge in [-0.3, -0.25) is 0 Å². The predicted octanol–water partition coefficient (Wildman–Crippen LogP) is 3.33. The van der Waals surface area contributed by atoms with Crippen LogP contribution in [0, 0.1) is 0 Å². The Labute approximate surface area is 120 Å². The van der Waals surface area contributed by atoms with Gasteiger partial charge in [-0.2, -0.15) is 0 Å². The van der Waals surface area contributed by atoms with Crippen molar-refractivity contribution in [3.05, 3.63) is 57.8 Å². The molecule has 0 amide bonds. The molecule has 2 N–H and O–H groups in total. The molecular formula is C13H10Cl2N2O2. The molecule has 0 aliphatic carbocycles. The van der Waals surface area contributed by atoms with Gasteiger partial charge in [-0.15, -0.1) is 0 Å². The second kappa shape index (κ2) is 5.91. The number of nitrogen functional groups attached to an aromatic ring is 1. The summed E-state index contributed by atoms with van der Waals surface area (Å²) in [7, 11) is 0. The van der Waals surface area contributed by atoms with Gasteiger partial charge in [0.2, 0.25) is 0 Å². The van der Waals surface area contributed by atoms with Gasteiger partial charge >= 0.3 is 5.97 Å². The number of pyridine rings is 1. The summed E-state index contributed by atoms with van der Waals surface area (Å²) in [5, 5.41) is 0.873. The van der Waals surface area contributed by atoms with Crippen molar-refractivity contribution in [2.45, 2.75) is 6.61 Å². The van der Waals surface area contributed by atoms with Crippen LogP contribution in [0.4, 0.5) is 5.69 Å². The molecule has 0 atom stereocenters. The number of aromatic nitrogens is 1. The van der Waals surface area contributed by atoms with Crippen LogP contribution in [0.1, 0.15) is 16.1 Å². The lowest BCUT2D eigenvalue weighted by Crippen LogP contribution is -2.07. The first-order valence-corrected chi connectivity index (χ1v) is 6.14. The number of nitrogens with two attached hydrogens (primary N) is 1. The lowest BCUT2D eigenvalue weighted by Gasteiger charge is -2.05. The third-order valence-corrected chi connectivity index (χ3v) is 3.09. The molecule has 0 aliphatic heterocycles. The molecule has 4 nitrogen and oxygen atoms in total. The maximum atomic E-state index is 11.7. The molecule has 1 aromatic heterocycles. The number of anilines is 1. The van der Waals surface area contributed by atoms with Crippen molar-refractivity contribution in [3.8, 4) is 0 Å². The average Bonchev–Trinajstić information content (AvgIpc) is 2.40. The van der Waals surface area contributed by atoms with E-state index in [1.807, 2.05) is 0 Å². The minimum absolute atomic E-state index is 0.0990. The van der Waals surface area contributed by atoms with E-state index >= 15 is 0 Å². The van der Waals surface area contributed by atoms with Crippen LogP contribution >= 0.6 is 23.2 Å². The van der Waals surface area contributed by atoms with E-state index in [-0.39, 0.29) is 12.3 Å². The van der Waals surface area contributed by atoms with Gasteiger partial charge in [-0.25, -0.2) is 9.78 Å². The Morgan fingerprint density at radius 1 is 1.21 bits per heavy atom. The molecule has 2 aromatic rings. The maximum absolute atomic E-state index is 11.7. The molecule has 19 heavy (non-hydrogen) atoms. The minimum Gasteiger partial charge on any atom is -0.456 e. The Morgan fingerprint density at radius 2 is 2.00 bits per heavy atom. The summed E-state index contributed by atoms with van der Waals surface area (Å²) in [6.07, 6.45) is 1.40. The van der Waals surface area contributed by atoms with E-state index in [0.29, 0.717) is 15.7 Å². The third-order valence-electron chi connectivity index (χ3n) is 2.35. The maximum Gasteiger partial charge on any atom is 0.357 e. The largest absolute Gasteiger partial charge is 0.456 e. The SMILES string of the molecule is Nc1ccc(C(=O)OCc2ccc(Cl)c(Cl)c2)nc1.